The molecule has 0 unspecified atom stereocenters. The second-order valence-electron chi connectivity index (χ2n) is 0. The molecule has 0 aliphatic carbocycles. The number of hydrogen-bond donors (Lipinski definition) is 0. The summed E-state index contributed by atoms with van der Waals surface area (Å²) in [6.45, 7) is 0. The molecule has 0 N–H and O–H groups in total. The molecule has 0 aromatic heterocycles. The van der Waals surface area contributed by atoms with Crippen molar-refractivity contribution in [2.45, 2.75) is 0 Å². The first kappa shape index (κ1) is 32.2. The van der Waals surface area contributed by atoms with Gasteiger partial charge >= 0.3 is 0 Å². The summed E-state index contributed by atoms with van der Waals surface area (Å²) in [5, 5.41) is 0. The van der Waals surface area contributed by atoms with Gasteiger partial charge in [0.05, 0.1) is 0 Å². The molecule has 0 rings (SSSR count). The minimum Gasteiger partial charge on any atom is 0 e. The van der Waals surface area contributed by atoms with E-state index in [0.29, 0.717) is 0 Å². The van der Waals surface area contributed by atoms with Gasteiger partial charge in [-0.15, -0.1) is 0 Å². The molecule has 0 amide bonds. The monoisotopic (exact) mass is 508 g/mol. The van der Waals surface area contributed by atoms with Crippen molar-refractivity contribution in [3.05, 3.63) is 0 Å². The predicted octanol–water partition coefficient (Wildman–Crippen LogP) is -0.0100. The summed E-state index contributed by atoms with van der Waals surface area (Å²) in [7, 11) is 0. The van der Waals surface area contributed by atoms with Crippen LogP contribution in [-0.2, 0) is 76.4 Å². The Morgan fingerprint density at radius 2 is 0.750 bits per heavy atom. The number of hydrogen-bond acceptors (Lipinski definition) is 0. The Hall–Kier alpha value is 2.42. The normalized spacial score (nSPS) is 0. The van der Waals surface area contributed by atoms with E-state index in [0.717, 1.165) is 0 Å². The Morgan fingerprint density at radius 3 is 0.750 bits per heavy atom. The molecule has 0 atom stereocenters. The second-order valence-corrected chi connectivity index (χ2v) is 0. The summed E-state index contributed by atoms with van der Waals surface area (Å²) in [6.07, 6.45) is 0. The van der Waals surface area contributed by atoms with Gasteiger partial charge in [-0.3, -0.25) is 0 Å². The van der Waals surface area contributed by atoms with Crippen molar-refractivity contribution >= 4 is 0 Å². The Morgan fingerprint density at radius 1 is 0.750 bits per heavy atom. The summed E-state index contributed by atoms with van der Waals surface area (Å²) < 4.78 is 0. The first-order chi connectivity index (χ1) is 0. The van der Waals surface area contributed by atoms with Gasteiger partial charge in [0.15, 0.2) is 0 Å². The van der Waals surface area contributed by atoms with Gasteiger partial charge < -0.3 is 0 Å². The second kappa shape index (κ2) is 18.1. The van der Waals surface area contributed by atoms with Crippen molar-refractivity contribution < 1.29 is 76.4 Å². The molecule has 4 heavy (non-hydrogen) atoms. The van der Waals surface area contributed by atoms with Crippen molar-refractivity contribution in [2.75, 3.05) is 0 Å². The van der Waals surface area contributed by atoms with Gasteiger partial charge in [-0.1, -0.05) is 0 Å². The quantitative estimate of drug-likeness (QED) is 0.404. The average molecular weight is 509 g/mol. The molecule has 4 heteroatoms. The van der Waals surface area contributed by atoms with Gasteiger partial charge in [0, 0.05) is 76.4 Å². The largest absolute Gasteiger partial charge is 0 e. The molecule has 0 aliphatic heterocycles. The van der Waals surface area contributed by atoms with E-state index in [-0.39, 0.29) is 76.4 Å². The molecule has 0 heterocycles. The van der Waals surface area contributed by atoms with E-state index >= 15 is 0 Å². The summed E-state index contributed by atoms with van der Waals surface area (Å²) in [5.41, 5.74) is 0. The van der Waals surface area contributed by atoms with Gasteiger partial charge in [0.1, 0.15) is 0 Å². The first-order valence-corrected chi connectivity index (χ1v) is 0. The van der Waals surface area contributed by atoms with Crippen LogP contribution in [0.3, 0.4) is 0 Å². The zero-order chi connectivity index (χ0) is 0. The molecular formula is AuNi2Pt. The van der Waals surface area contributed by atoms with Crippen LogP contribution in [0.2, 0.25) is 0 Å². The van der Waals surface area contributed by atoms with Crippen LogP contribution >= 0.6 is 0 Å². The minimum absolute atomic E-state index is 0. The van der Waals surface area contributed by atoms with Gasteiger partial charge in [-0.05, 0) is 0 Å². The van der Waals surface area contributed by atoms with E-state index in [1.54, 1.807) is 0 Å². The van der Waals surface area contributed by atoms with Crippen molar-refractivity contribution in [3.8, 4) is 0 Å². The van der Waals surface area contributed by atoms with Crippen molar-refractivity contribution in [1.29, 1.82) is 0 Å². The van der Waals surface area contributed by atoms with Gasteiger partial charge in [0.2, 0.25) is 0 Å². The molecule has 0 spiro atoms. The third-order valence-electron chi connectivity index (χ3n) is 0. The van der Waals surface area contributed by atoms with E-state index in [9.17, 15) is 0 Å². The molecule has 0 saturated heterocycles. The molecule has 41 valence electrons. The molecule has 0 aromatic rings. The van der Waals surface area contributed by atoms with Crippen LogP contribution < -0.4 is 0 Å². The number of rotatable bonds is 0. The van der Waals surface area contributed by atoms with Crippen LogP contribution in [0.5, 0.6) is 0 Å². The van der Waals surface area contributed by atoms with Gasteiger partial charge in [0.25, 0.3) is 0 Å². The molecule has 0 bridgehead atoms. The predicted molar refractivity (Wildman–Crippen MR) is 0 cm³/mol. The van der Waals surface area contributed by atoms with Crippen LogP contribution in [0.15, 0.2) is 0 Å². The molecule has 0 saturated carbocycles. The summed E-state index contributed by atoms with van der Waals surface area (Å²) >= 11 is 0. The fraction of sp³-hybridized carbons (Fsp3) is 0. The van der Waals surface area contributed by atoms with Gasteiger partial charge in [-0.2, -0.15) is 0 Å². The minimum atomic E-state index is 0. The Labute approximate surface area is 75.5 Å². The standard InChI is InChI=1S/Au.2Ni.Pt. The summed E-state index contributed by atoms with van der Waals surface area (Å²) in [4.78, 5) is 0. The van der Waals surface area contributed by atoms with E-state index in [1.807, 2.05) is 0 Å². The van der Waals surface area contributed by atoms with E-state index < -0.39 is 0 Å². The zero-order valence-corrected chi connectivity index (χ0v) is 7.66. The molecule has 0 nitrogen and oxygen atoms in total. The van der Waals surface area contributed by atoms with E-state index in [2.05, 4.69) is 0 Å². The third-order valence-corrected chi connectivity index (χ3v) is 0. The summed E-state index contributed by atoms with van der Waals surface area (Å²) in [6, 6.07) is 0. The fourth-order valence-electron chi connectivity index (χ4n) is 0. The smallest absolute Gasteiger partial charge is 0 e. The fourth-order valence-corrected chi connectivity index (χ4v) is 0. The Balaban J connectivity index is 0. The van der Waals surface area contributed by atoms with Gasteiger partial charge in [-0.25, -0.2) is 0 Å². The summed E-state index contributed by atoms with van der Waals surface area (Å²) in [5.74, 6) is 0. The van der Waals surface area contributed by atoms with Crippen LogP contribution in [0, 0.1) is 0 Å². The SMILES string of the molecule is [Au].[Ni].[Ni].[Pt]. The molecule has 0 fully saturated rings. The zero-order valence-electron chi connectivity index (χ0n) is 1.25. The molecule has 1 radical (unpaired) electrons. The maximum atomic E-state index is 0. The average Bonchev–Trinajstić information content (AvgIpc) is 0. The van der Waals surface area contributed by atoms with Crippen molar-refractivity contribution in [3.63, 3.8) is 0 Å². The maximum absolute atomic E-state index is 0. The van der Waals surface area contributed by atoms with Crippen LogP contribution in [0.1, 0.15) is 0 Å². The van der Waals surface area contributed by atoms with Crippen molar-refractivity contribution in [1.82, 2.24) is 0 Å². The van der Waals surface area contributed by atoms with Crippen molar-refractivity contribution in [2.24, 2.45) is 0 Å². The first-order valence-electron chi connectivity index (χ1n) is 0. The third kappa shape index (κ3) is 8.83. The Bertz CT molecular complexity index is 6.00. The van der Waals surface area contributed by atoms with Crippen LogP contribution in [0.25, 0.3) is 0 Å². The molecular weight excluding hydrogens is 509 g/mol. The van der Waals surface area contributed by atoms with Crippen LogP contribution in [-0.4, -0.2) is 0 Å². The molecule has 0 aliphatic rings. The molecule has 0 aromatic carbocycles. The van der Waals surface area contributed by atoms with E-state index in [1.165, 1.54) is 0 Å². The Kier molecular flexibility index (Phi) is 146. The maximum Gasteiger partial charge on any atom is 0 e. The van der Waals surface area contributed by atoms with E-state index in [4.69, 9.17) is 0 Å². The van der Waals surface area contributed by atoms with Crippen LogP contribution in [0.4, 0.5) is 0 Å². The topological polar surface area (TPSA) is 0 Å².